The number of nitrogens with zero attached hydrogens (tertiary/aromatic N) is 3. The van der Waals surface area contributed by atoms with Gasteiger partial charge in [-0.05, 0) is 42.8 Å². The fraction of sp³-hybridized carbons (Fsp3) is 0.263. The van der Waals surface area contributed by atoms with E-state index in [1.165, 1.54) is 6.07 Å². The van der Waals surface area contributed by atoms with Gasteiger partial charge in [0, 0.05) is 24.3 Å². The van der Waals surface area contributed by atoms with Crippen LogP contribution in [0.3, 0.4) is 0 Å². The molecule has 3 aromatic rings. The molecule has 1 unspecified atom stereocenters. The van der Waals surface area contributed by atoms with Gasteiger partial charge < -0.3 is 9.32 Å². The number of benzene rings is 1. The minimum atomic E-state index is -0.210. The van der Waals surface area contributed by atoms with Crippen molar-refractivity contribution in [2.45, 2.75) is 26.3 Å². The number of oxazole rings is 1. The van der Waals surface area contributed by atoms with Crippen LogP contribution in [0, 0.1) is 12.7 Å². The lowest BCUT2D eigenvalue weighted by Crippen LogP contribution is -2.32. The Morgan fingerprint density at radius 2 is 2.12 bits per heavy atom. The van der Waals surface area contributed by atoms with Gasteiger partial charge in [0.15, 0.2) is 0 Å². The molecule has 0 aliphatic carbocycles. The van der Waals surface area contributed by atoms with E-state index >= 15 is 0 Å². The molecule has 0 spiro atoms. The quantitative estimate of drug-likeness (QED) is 0.705. The van der Waals surface area contributed by atoms with Gasteiger partial charge >= 0.3 is 0 Å². The van der Waals surface area contributed by atoms with Gasteiger partial charge in [-0.25, -0.2) is 9.37 Å². The predicted molar refractivity (Wildman–Crippen MR) is 90.3 cm³/mol. The van der Waals surface area contributed by atoms with E-state index in [2.05, 4.69) is 21.8 Å². The van der Waals surface area contributed by atoms with Crippen LogP contribution in [0.25, 0.3) is 11.6 Å². The van der Waals surface area contributed by atoms with Crippen molar-refractivity contribution >= 4 is 5.69 Å². The van der Waals surface area contributed by atoms with Crippen LogP contribution >= 0.6 is 0 Å². The number of anilines is 1. The fourth-order valence-corrected chi connectivity index (χ4v) is 3.22. The Labute approximate surface area is 140 Å². The normalized spacial score (nSPS) is 17.0. The van der Waals surface area contributed by atoms with E-state index in [-0.39, 0.29) is 11.7 Å². The lowest BCUT2D eigenvalue weighted by atomic mass is 10.0. The summed E-state index contributed by atoms with van der Waals surface area (Å²) in [4.78, 5) is 11.1. The Bertz CT molecular complexity index is 855. The molecule has 4 nitrogen and oxygen atoms in total. The first-order chi connectivity index (χ1) is 11.6. The summed E-state index contributed by atoms with van der Waals surface area (Å²) in [6.07, 6.45) is 1.73. The van der Waals surface area contributed by atoms with E-state index in [1.807, 2.05) is 31.2 Å². The molecule has 0 radical (unpaired) electrons. The van der Waals surface area contributed by atoms with Crippen LogP contribution < -0.4 is 4.90 Å². The van der Waals surface area contributed by atoms with Crippen LogP contribution in [0.1, 0.15) is 29.9 Å². The van der Waals surface area contributed by atoms with Gasteiger partial charge in [-0.2, -0.15) is 0 Å². The molecule has 4 rings (SSSR count). The van der Waals surface area contributed by atoms with Crippen molar-refractivity contribution in [3.8, 4) is 11.6 Å². The Morgan fingerprint density at radius 3 is 2.88 bits per heavy atom. The van der Waals surface area contributed by atoms with E-state index in [1.54, 1.807) is 12.3 Å². The molecule has 0 saturated carbocycles. The van der Waals surface area contributed by atoms with E-state index in [0.29, 0.717) is 12.4 Å². The maximum Gasteiger partial charge on any atom is 0.245 e. The summed E-state index contributed by atoms with van der Waals surface area (Å²) in [7, 11) is 0. The zero-order valence-corrected chi connectivity index (χ0v) is 13.7. The van der Waals surface area contributed by atoms with Crippen LogP contribution in [-0.2, 0) is 6.54 Å². The van der Waals surface area contributed by atoms with Gasteiger partial charge in [0.25, 0.3) is 0 Å². The Hall–Kier alpha value is -2.69. The van der Waals surface area contributed by atoms with Crippen molar-refractivity contribution in [2.75, 3.05) is 11.4 Å². The molecule has 0 N–H and O–H groups in total. The Morgan fingerprint density at radius 1 is 1.25 bits per heavy atom. The molecule has 1 atom stereocenters. The van der Waals surface area contributed by atoms with Crippen LogP contribution in [-0.4, -0.2) is 16.5 Å². The molecule has 0 amide bonds. The average Bonchev–Trinajstić information content (AvgIpc) is 2.99. The molecule has 0 saturated heterocycles. The highest BCUT2D eigenvalue weighted by atomic mass is 19.1. The summed E-state index contributed by atoms with van der Waals surface area (Å²) >= 11 is 0. The maximum atomic E-state index is 13.7. The minimum Gasteiger partial charge on any atom is -0.439 e. The van der Waals surface area contributed by atoms with Crippen molar-refractivity contribution in [1.82, 2.24) is 9.97 Å². The Kier molecular flexibility index (Phi) is 3.56. The molecule has 1 aromatic carbocycles. The molecular weight excluding hydrogens is 305 g/mol. The molecule has 24 heavy (non-hydrogen) atoms. The maximum absolute atomic E-state index is 13.7. The minimum absolute atomic E-state index is 0.183. The van der Waals surface area contributed by atoms with Gasteiger partial charge in [0.05, 0.1) is 6.54 Å². The van der Waals surface area contributed by atoms with E-state index < -0.39 is 0 Å². The summed E-state index contributed by atoms with van der Waals surface area (Å²) in [6.45, 7) is 5.39. The van der Waals surface area contributed by atoms with Crippen molar-refractivity contribution in [1.29, 1.82) is 0 Å². The molecule has 1 aliphatic rings. The first kappa shape index (κ1) is 14.9. The molecule has 0 fully saturated rings. The number of aromatic nitrogens is 2. The van der Waals surface area contributed by atoms with Crippen molar-refractivity contribution in [3.05, 3.63) is 65.4 Å². The SMILES string of the molecule is Cc1cc(F)cc(N2Cc3nc(-c4ccccn4)oc3C(C)C2)c1. The van der Waals surface area contributed by atoms with Gasteiger partial charge in [-0.3, -0.25) is 4.98 Å². The standard InChI is InChI=1S/C19H18FN3O/c1-12-7-14(20)9-15(8-12)23-10-13(2)18-17(11-23)22-19(24-18)16-5-3-4-6-21-16/h3-9,13H,10-11H2,1-2H3. The monoisotopic (exact) mass is 323 g/mol. The number of hydrogen-bond donors (Lipinski definition) is 0. The number of halogens is 1. The highest BCUT2D eigenvalue weighted by Gasteiger charge is 2.29. The van der Waals surface area contributed by atoms with Crippen molar-refractivity contribution < 1.29 is 8.81 Å². The second-order valence-electron chi connectivity index (χ2n) is 6.31. The third-order valence-electron chi connectivity index (χ3n) is 4.29. The third-order valence-corrected chi connectivity index (χ3v) is 4.29. The zero-order chi connectivity index (χ0) is 16.7. The number of fused-ring (bicyclic) bond motifs is 1. The highest BCUT2D eigenvalue weighted by molar-refractivity contribution is 5.53. The van der Waals surface area contributed by atoms with Crippen molar-refractivity contribution in [2.24, 2.45) is 0 Å². The van der Waals surface area contributed by atoms with Crippen LogP contribution in [0.5, 0.6) is 0 Å². The topological polar surface area (TPSA) is 42.2 Å². The molecule has 5 heteroatoms. The number of hydrogen-bond acceptors (Lipinski definition) is 4. The second kappa shape index (κ2) is 5.74. The smallest absolute Gasteiger partial charge is 0.245 e. The summed E-state index contributed by atoms with van der Waals surface area (Å²) in [5.74, 6) is 1.42. The lowest BCUT2D eigenvalue weighted by molar-refractivity contribution is 0.457. The predicted octanol–water partition coefficient (Wildman–Crippen LogP) is 4.31. The molecule has 0 bridgehead atoms. The van der Waals surface area contributed by atoms with Gasteiger partial charge in [-0.15, -0.1) is 0 Å². The van der Waals surface area contributed by atoms with E-state index in [4.69, 9.17) is 4.42 Å². The number of rotatable bonds is 2. The third kappa shape index (κ3) is 2.66. The zero-order valence-electron chi connectivity index (χ0n) is 13.7. The Balaban J connectivity index is 1.68. The second-order valence-corrected chi connectivity index (χ2v) is 6.31. The van der Waals surface area contributed by atoms with Gasteiger partial charge in [0.1, 0.15) is 23.0 Å². The van der Waals surface area contributed by atoms with Crippen LogP contribution in [0.4, 0.5) is 10.1 Å². The number of aryl methyl sites for hydroxylation is 1. The summed E-state index contributed by atoms with van der Waals surface area (Å²) in [6, 6.07) is 10.8. The van der Waals surface area contributed by atoms with Crippen molar-refractivity contribution in [3.63, 3.8) is 0 Å². The molecule has 122 valence electrons. The summed E-state index contributed by atoms with van der Waals surface area (Å²) in [5.41, 5.74) is 3.42. The summed E-state index contributed by atoms with van der Waals surface area (Å²) < 4.78 is 19.7. The van der Waals surface area contributed by atoms with Crippen LogP contribution in [0.2, 0.25) is 0 Å². The molecule has 1 aliphatic heterocycles. The largest absolute Gasteiger partial charge is 0.439 e. The summed E-state index contributed by atoms with van der Waals surface area (Å²) in [5, 5.41) is 0. The number of pyridine rings is 1. The van der Waals surface area contributed by atoms with E-state index in [0.717, 1.165) is 34.9 Å². The molecule has 2 aromatic heterocycles. The van der Waals surface area contributed by atoms with E-state index in [9.17, 15) is 4.39 Å². The van der Waals surface area contributed by atoms with Crippen LogP contribution in [0.15, 0.2) is 47.0 Å². The lowest BCUT2D eigenvalue weighted by Gasteiger charge is -2.31. The molecular formula is C19H18FN3O. The first-order valence-electron chi connectivity index (χ1n) is 8.03. The molecule has 3 heterocycles. The van der Waals surface area contributed by atoms with Gasteiger partial charge in [-0.1, -0.05) is 13.0 Å². The highest BCUT2D eigenvalue weighted by Crippen LogP contribution is 2.34. The fourth-order valence-electron chi connectivity index (χ4n) is 3.22. The van der Waals surface area contributed by atoms with Gasteiger partial charge in [0.2, 0.25) is 5.89 Å². The first-order valence-corrected chi connectivity index (χ1v) is 8.03. The average molecular weight is 323 g/mol.